The van der Waals surface area contributed by atoms with Crippen molar-refractivity contribution < 1.29 is 18.8 Å². The molecule has 0 unspecified atom stereocenters. The average Bonchev–Trinajstić information content (AvgIpc) is 2.00. The third-order valence-electron chi connectivity index (χ3n) is 1.34. The second-order valence-electron chi connectivity index (χ2n) is 4.09. The van der Waals surface area contributed by atoms with Crippen LogP contribution < -0.4 is 0 Å². The minimum Gasteiger partial charge on any atom is -0.520 e. The lowest BCUT2D eigenvalue weighted by atomic mass is 10.2. The van der Waals surface area contributed by atoms with Gasteiger partial charge in [-0.05, 0) is 26.6 Å². The summed E-state index contributed by atoms with van der Waals surface area (Å²) in [5, 5.41) is 0. The topological polar surface area (TPSA) is 52.6 Å². The molecular formula is C10H18O4Si. The van der Waals surface area contributed by atoms with Crippen LogP contribution in [0.3, 0.4) is 0 Å². The van der Waals surface area contributed by atoms with Gasteiger partial charge >= 0.3 is 5.97 Å². The van der Waals surface area contributed by atoms with Gasteiger partial charge in [0.2, 0.25) is 8.32 Å². The Bertz CT molecular complexity index is 265. The van der Waals surface area contributed by atoms with E-state index in [1.165, 1.54) is 0 Å². The normalized spacial score (nSPS) is 10.7. The predicted octanol–water partition coefficient (Wildman–Crippen LogP) is 1.87. The number of rotatable bonds is 5. The van der Waals surface area contributed by atoms with E-state index in [1.807, 2.05) is 19.6 Å². The van der Waals surface area contributed by atoms with Crippen LogP contribution in [-0.2, 0) is 18.8 Å². The minimum atomic E-state index is -1.88. The molecule has 0 aromatic rings. The zero-order chi connectivity index (χ0) is 12.1. The summed E-state index contributed by atoms with van der Waals surface area (Å²) >= 11 is 0. The average molecular weight is 230 g/mol. The molecule has 0 aliphatic rings. The van der Waals surface area contributed by atoms with E-state index >= 15 is 0 Å². The maximum Gasteiger partial charge on any atom is 0.333 e. The van der Waals surface area contributed by atoms with Gasteiger partial charge in [0.1, 0.15) is 0 Å². The van der Waals surface area contributed by atoms with Gasteiger partial charge in [0.05, 0.1) is 13.0 Å². The Morgan fingerprint density at radius 3 is 2.20 bits per heavy atom. The Hall–Kier alpha value is -1.10. The molecule has 0 aromatic heterocycles. The van der Waals surface area contributed by atoms with Crippen molar-refractivity contribution in [3.63, 3.8) is 0 Å². The third kappa shape index (κ3) is 6.90. The van der Waals surface area contributed by atoms with Crippen LogP contribution in [0.25, 0.3) is 0 Å². The Kier molecular flexibility index (Phi) is 5.28. The first-order valence-electron chi connectivity index (χ1n) is 4.83. The molecule has 0 radical (unpaired) electrons. The lowest BCUT2D eigenvalue weighted by Crippen LogP contribution is -2.29. The van der Waals surface area contributed by atoms with E-state index in [0.717, 1.165) is 0 Å². The summed E-state index contributed by atoms with van der Waals surface area (Å²) < 4.78 is 9.87. The second kappa shape index (κ2) is 5.70. The van der Waals surface area contributed by atoms with Gasteiger partial charge in [-0.15, -0.1) is 0 Å². The molecule has 5 heteroatoms. The van der Waals surface area contributed by atoms with E-state index in [4.69, 9.17) is 9.16 Å². The lowest BCUT2D eigenvalue weighted by Gasteiger charge is -2.17. The van der Waals surface area contributed by atoms with E-state index < -0.39 is 20.3 Å². The number of esters is 1. The van der Waals surface area contributed by atoms with Crippen LogP contribution in [0.1, 0.15) is 13.3 Å². The van der Waals surface area contributed by atoms with Crippen LogP contribution in [-0.4, -0.2) is 26.9 Å². The summed E-state index contributed by atoms with van der Waals surface area (Å²) in [5.74, 6) is -0.947. The molecule has 0 fully saturated rings. The second-order valence-corrected chi connectivity index (χ2v) is 8.52. The smallest absolute Gasteiger partial charge is 0.333 e. The van der Waals surface area contributed by atoms with Gasteiger partial charge in [0.15, 0.2) is 0 Å². The molecule has 0 N–H and O–H groups in total. The first-order valence-corrected chi connectivity index (χ1v) is 8.24. The summed E-state index contributed by atoms with van der Waals surface area (Å²) in [4.78, 5) is 22.4. The Morgan fingerprint density at radius 1 is 1.27 bits per heavy atom. The van der Waals surface area contributed by atoms with Crippen LogP contribution in [0.5, 0.6) is 0 Å². The molecule has 86 valence electrons. The highest BCUT2D eigenvalue weighted by molar-refractivity contribution is 6.71. The molecule has 0 bridgehead atoms. The maximum atomic E-state index is 11.3. The Morgan fingerprint density at radius 2 is 1.80 bits per heavy atom. The summed E-state index contributed by atoms with van der Waals surface area (Å²) in [7, 11) is -1.88. The first kappa shape index (κ1) is 13.9. The van der Waals surface area contributed by atoms with E-state index in [9.17, 15) is 9.59 Å². The van der Waals surface area contributed by atoms with Crippen molar-refractivity contribution in [1.82, 2.24) is 0 Å². The highest BCUT2D eigenvalue weighted by Gasteiger charge is 2.21. The lowest BCUT2D eigenvalue weighted by molar-refractivity contribution is -0.141. The fraction of sp³-hybridized carbons (Fsp3) is 0.600. The van der Waals surface area contributed by atoms with Crippen LogP contribution in [0.15, 0.2) is 12.2 Å². The molecule has 0 aliphatic carbocycles. The summed E-state index contributed by atoms with van der Waals surface area (Å²) in [6, 6.07) is 0. The van der Waals surface area contributed by atoms with E-state index in [1.54, 1.807) is 6.92 Å². The van der Waals surface area contributed by atoms with Crippen LogP contribution in [0.2, 0.25) is 19.6 Å². The zero-order valence-electron chi connectivity index (χ0n) is 9.75. The van der Waals surface area contributed by atoms with Gasteiger partial charge in [-0.1, -0.05) is 6.58 Å². The fourth-order valence-electron chi connectivity index (χ4n) is 0.857. The van der Waals surface area contributed by atoms with Crippen molar-refractivity contribution in [3.05, 3.63) is 12.2 Å². The number of hydrogen-bond acceptors (Lipinski definition) is 4. The van der Waals surface area contributed by atoms with Gasteiger partial charge in [0, 0.05) is 5.57 Å². The molecule has 4 nitrogen and oxygen atoms in total. The quantitative estimate of drug-likeness (QED) is 0.411. The van der Waals surface area contributed by atoms with Crippen molar-refractivity contribution >= 4 is 20.3 Å². The molecule has 0 aliphatic heterocycles. The SMILES string of the molecule is C=C(CC(=O)O[Si](C)(C)C)C(=O)OCC. The highest BCUT2D eigenvalue weighted by Crippen LogP contribution is 2.08. The number of carbonyl (C=O) groups excluding carboxylic acids is 2. The zero-order valence-corrected chi connectivity index (χ0v) is 10.8. The summed E-state index contributed by atoms with van der Waals surface area (Å²) in [6.45, 7) is 11.2. The molecule has 15 heavy (non-hydrogen) atoms. The molecule has 0 aromatic carbocycles. The summed E-state index contributed by atoms with van der Waals surface area (Å²) in [6.07, 6.45) is -0.0941. The largest absolute Gasteiger partial charge is 0.520 e. The Labute approximate surface area is 91.4 Å². The van der Waals surface area contributed by atoms with E-state index in [2.05, 4.69) is 6.58 Å². The molecule has 0 saturated heterocycles. The van der Waals surface area contributed by atoms with E-state index in [0.29, 0.717) is 0 Å². The monoisotopic (exact) mass is 230 g/mol. The number of carbonyl (C=O) groups is 2. The molecule has 0 rings (SSSR count). The van der Waals surface area contributed by atoms with Crippen LogP contribution in [0, 0.1) is 0 Å². The van der Waals surface area contributed by atoms with Gasteiger partial charge in [-0.25, -0.2) is 4.79 Å². The predicted molar refractivity (Wildman–Crippen MR) is 59.8 cm³/mol. The van der Waals surface area contributed by atoms with Crippen molar-refractivity contribution in [2.45, 2.75) is 33.0 Å². The maximum absolute atomic E-state index is 11.3. The minimum absolute atomic E-state index is 0.0941. The van der Waals surface area contributed by atoms with Crippen molar-refractivity contribution in [2.75, 3.05) is 6.61 Å². The van der Waals surface area contributed by atoms with Gasteiger partial charge in [-0.3, -0.25) is 4.79 Å². The molecule has 0 spiro atoms. The van der Waals surface area contributed by atoms with Crippen LogP contribution in [0.4, 0.5) is 0 Å². The fourth-order valence-corrected chi connectivity index (χ4v) is 1.61. The molecule has 0 atom stereocenters. The molecular weight excluding hydrogens is 212 g/mol. The van der Waals surface area contributed by atoms with Crippen molar-refractivity contribution in [3.8, 4) is 0 Å². The van der Waals surface area contributed by atoms with Crippen LogP contribution >= 0.6 is 0 Å². The third-order valence-corrected chi connectivity index (χ3v) is 2.18. The van der Waals surface area contributed by atoms with Gasteiger partial charge in [0.25, 0.3) is 5.97 Å². The number of ether oxygens (including phenoxy) is 1. The molecule has 0 heterocycles. The Balaban J connectivity index is 4.08. The van der Waals surface area contributed by atoms with Crippen molar-refractivity contribution in [1.29, 1.82) is 0 Å². The molecule has 0 amide bonds. The van der Waals surface area contributed by atoms with Gasteiger partial charge in [-0.2, -0.15) is 0 Å². The molecule has 0 saturated carbocycles. The highest BCUT2D eigenvalue weighted by atomic mass is 28.4. The number of hydrogen-bond donors (Lipinski definition) is 0. The summed E-state index contributed by atoms with van der Waals surface area (Å²) in [5.41, 5.74) is 0.139. The van der Waals surface area contributed by atoms with Crippen molar-refractivity contribution in [2.24, 2.45) is 0 Å². The first-order chi connectivity index (χ1) is 6.76. The van der Waals surface area contributed by atoms with E-state index in [-0.39, 0.29) is 18.6 Å². The standard InChI is InChI=1S/C10H18O4Si/c1-6-13-10(12)8(2)7-9(11)14-15(3,4)5/h2,6-7H2,1,3-5H3. The van der Waals surface area contributed by atoms with Gasteiger partial charge < -0.3 is 9.16 Å².